The van der Waals surface area contributed by atoms with Gasteiger partial charge in [0.2, 0.25) is 10.0 Å². The van der Waals surface area contributed by atoms with Gasteiger partial charge in [-0.3, -0.25) is 4.79 Å². The van der Waals surface area contributed by atoms with Gasteiger partial charge < -0.3 is 10.1 Å². The number of nitrogens with one attached hydrogen (secondary N) is 1. The highest BCUT2D eigenvalue weighted by Crippen LogP contribution is 2.30. The second-order valence-electron chi connectivity index (χ2n) is 6.87. The summed E-state index contributed by atoms with van der Waals surface area (Å²) in [6.45, 7) is 1.04. The molecule has 2 aliphatic rings. The van der Waals surface area contributed by atoms with Crippen molar-refractivity contribution in [3.63, 3.8) is 0 Å². The van der Waals surface area contributed by atoms with E-state index in [4.69, 9.17) is 4.74 Å². The van der Waals surface area contributed by atoms with E-state index in [1.165, 1.54) is 4.31 Å². The van der Waals surface area contributed by atoms with Crippen LogP contribution in [0.3, 0.4) is 0 Å². The minimum Gasteiger partial charge on any atom is -0.480 e. The summed E-state index contributed by atoms with van der Waals surface area (Å²) in [7, 11) is -3.64. The maximum atomic E-state index is 13.0. The van der Waals surface area contributed by atoms with Crippen LogP contribution < -0.4 is 10.1 Å². The Morgan fingerprint density at radius 3 is 2.48 bits per heavy atom. The van der Waals surface area contributed by atoms with E-state index in [1.807, 2.05) is 24.3 Å². The molecule has 0 bridgehead atoms. The summed E-state index contributed by atoms with van der Waals surface area (Å²) < 4.78 is 33.3. The molecule has 7 heteroatoms. The van der Waals surface area contributed by atoms with E-state index >= 15 is 0 Å². The van der Waals surface area contributed by atoms with E-state index in [1.54, 1.807) is 24.3 Å². The van der Waals surface area contributed by atoms with Gasteiger partial charge >= 0.3 is 0 Å². The van der Waals surface area contributed by atoms with Crippen LogP contribution in [-0.2, 0) is 21.2 Å². The molecule has 1 fully saturated rings. The van der Waals surface area contributed by atoms with Gasteiger partial charge in [-0.1, -0.05) is 36.8 Å². The lowest BCUT2D eigenvalue weighted by Gasteiger charge is -2.27. The van der Waals surface area contributed by atoms with Gasteiger partial charge in [0.25, 0.3) is 5.91 Å². The molecule has 0 aliphatic carbocycles. The minimum absolute atomic E-state index is 0.135. The molecule has 1 unspecified atom stereocenters. The monoisotopic (exact) mass is 386 g/mol. The third kappa shape index (κ3) is 3.57. The number of hydrogen-bond donors (Lipinski definition) is 1. The number of piperidine rings is 1. The average molecular weight is 386 g/mol. The predicted octanol–water partition coefficient (Wildman–Crippen LogP) is 2.80. The molecule has 0 aromatic heterocycles. The summed E-state index contributed by atoms with van der Waals surface area (Å²) in [5.74, 6) is 0.361. The Hall–Kier alpha value is -2.38. The zero-order chi connectivity index (χ0) is 18.9. The first kappa shape index (κ1) is 18.0. The Balaban J connectivity index is 1.54. The highest BCUT2D eigenvalue weighted by molar-refractivity contribution is 7.89. The van der Waals surface area contributed by atoms with Gasteiger partial charge in [0.15, 0.2) is 6.10 Å². The van der Waals surface area contributed by atoms with E-state index in [9.17, 15) is 13.2 Å². The summed E-state index contributed by atoms with van der Waals surface area (Å²) >= 11 is 0. The molecule has 0 spiro atoms. The van der Waals surface area contributed by atoms with Crippen LogP contribution in [0.5, 0.6) is 5.75 Å². The summed E-state index contributed by atoms with van der Waals surface area (Å²) in [5.41, 5.74) is 1.28. The van der Waals surface area contributed by atoms with E-state index in [0.717, 1.165) is 24.8 Å². The number of carbonyl (C=O) groups is 1. The van der Waals surface area contributed by atoms with Gasteiger partial charge in [-0.05, 0) is 36.6 Å². The van der Waals surface area contributed by atoms with Crippen molar-refractivity contribution >= 4 is 21.6 Å². The van der Waals surface area contributed by atoms with Gasteiger partial charge in [0, 0.05) is 19.5 Å². The number of para-hydroxylation sites is 2. The predicted molar refractivity (Wildman–Crippen MR) is 102 cm³/mol. The van der Waals surface area contributed by atoms with Crippen LogP contribution >= 0.6 is 0 Å². The summed E-state index contributed by atoms with van der Waals surface area (Å²) in [6, 6.07) is 14.1. The normalized spacial score (nSPS) is 19.9. The first-order valence-corrected chi connectivity index (χ1v) is 10.6. The molecule has 2 aromatic carbocycles. The van der Waals surface area contributed by atoms with Crippen molar-refractivity contribution in [1.82, 2.24) is 4.31 Å². The number of fused-ring (bicyclic) bond motifs is 1. The topological polar surface area (TPSA) is 75.7 Å². The van der Waals surface area contributed by atoms with Crippen molar-refractivity contribution in [2.75, 3.05) is 18.4 Å². The Labute approximate surface area is 159 Å². The van der Waals surface area contributed by atoms with Crippen molar-refractivity contribution in [2.45, 2.75) is 36.7 Å². The number of nitrogens with zero attached hydrogens (tertiary/aromatic N) is 1. The van der Waals surface area contributed by atoms with E-state index in [0.29, 0.717) is 30.9 Å². The van der Waals surface area contributed by atoms with Crippen molar-refractivity contribution < 1.29 is 17.9 Å². The fourth-order valence-corrected chi connectivity index (χ4v) is 5.25. The molecule has 6 nitrogen and oxygen atoms in total. The minimum atomic E-state index is -3.64. The largest absolute Gasteiger partial charge is 0.480 e. The van der Waals surface area contributed by atoms with Crippen molar-refractivity contribution in [3.05, 3.63) is 54.1 Å². The SMILES string of the molecule is O=C(Nc1ccccc1S(=O)(=O)N1CCCCC1)C1Cc2ccccc2O1. The first-order valence-electron chi connectivity index (χ1n) is 9.20. The lowest BCUT2D eigenvalue weighted by atomic mass is 10.1. The molecular formula is C20H22N2O4S. The number of carbonyl (C=O) groups excluding carboxylic acids is 1. The molecular weight excluding hydrogens is 364 g/mol. The quantitative estimate of drug-likeness (QED) is 0.877. The molecule has 0 radical (unpaired) electrons. The molecule has 2 aromatic rings. The van der Waals surface area contributed by atoms with E-state index in [2.05, 4.69) is 5.32 Å². The van der Waals surface area contributed by atoms with Crippen LogP contribution in [0.4, 0.5) is 5.69 Å². The Kier molecular flexibility index (Phi) is 4.88. The van der Waals surface area contributed by atoms with Crippen LogP contribution in [0.15, 0.2) is 53.4 Å². The number of anilines is 1. The smallest absolute Gasteiger partial charge is 0.265 e. The molecule has 1 amide bonds. The first-order chi connectivity index (χ1) is 13.1. The molecule has 1 saturated heterocycles. The van der Waals surface area contributed by atoms with Crippen molar-refractivity contribution in [1.29, 1.82) is 0 Å². The highest BCUT2D eigenvalue weighted by atomic mass is 32.2. The third-order valence-corrected chi connectivity index (χ3v) is 6.97. The molecule has 27 heavy (non-hydrogen) atoms. The van der Waals surface area contributed by atoms with Gasteiger partial charge in [-0.2, -0.15) is 4.31 Å². The molecule has 142 valence electrons. The van der Waals surface area contributed by atoms with Crippen LogP contribution in [0.2, 0.25) is 0 Å². The molecule has 0 saturated carbocycles. The zero-order valence-corrected chi connectivity index (χ0v) is 15.7. The fourth-order valence-electron chi connectivity index (χ4n) is 3.58. The van der Waals surface area contributed by atoms with Crippen LogP contribution in [0.25, 0.3) is 0 Å². The maximum Gasteiger partial charge on any atom is 0.265 e. The number of benzene rings is 2. The lowest BCUT2D eigenvalue weighted by molar-refractivity contribution is -0.122. The average Bonchev–Trinajstić information content (AvgIpc) is 3.13. The molecule has 1 atom stereocenters. The standard InChI is InChI=1S/C20H22N2O4S/c23-20(18-14-15-8-2-4-10-17(15)26-18)21-16-9-3-5-11-19(16)27(24,25)22-12-6-1-7-13-22/h2-5,8-11,18H,1,6-7,12-14H2,(H,21,23). The number of sulfonamides is 1. The summed E-state index contributed by atoms with van der Waals surface area (Å²) in [6.07, 6.45) is 2.59. The van der Waals surface area contributed by atoms with Gasteiger partial charge in [-0.15, -0.1) is 0 Å². The van der Waals surface area contributed by atoms with Crippen molar-refractivity contribution in [2.24, 2.45) is 0 Å². The van der Waals surface area contributed by atoms with Gasteiger partial charge in [0.1, 0.15) is 10.6 Å². The van der Waals surface area contributed by atoms with Crippen molar-refractivity contribution in [3.8, 4) is 5.75 Å². The summed E-state index contributed by atoms with van der Waals surface area (Å²) in [5, 5.41) is 2.76. The van der Waals surface area contributed by atoms with Crippen LogP contribution in [-0.4, -0.2) is 37.8 Å². The second kappa shape index (κ2) is 7.32. The summed E-state index contributed by atoms with van der Waals surface area (Å²) in [4.78, 5) is 12.8. The van der Waals surface area contributed by atoms with Crippen LogP contribution in [0.1, 0.15) is 24.8 Å². The third-order valence-electron chi connectivity index (χ3n) is 5.02. The number of rotatable bonds is 4. The maximum absolute atomic E-state index is 13.0. The Bertz CT molecular complexity index is 927. The van der Waals surface area contributed by atoms with E-state index < -0.39 is 16.1 Å². The Morgan fingerprint density at radius 2 is 1.70 bits per heavy atom. The molecule has 2 aliphatic heterocycles. The van der Waals surface area contributed by atoms with Crippen LogP contribution in [0, 0.1) is 0 Å². The van der Waals surface area contributed by atoms with Gasteiger partial charge in [-0.25, -0.2) is 8.42 Å². The number of amides is 1. The lowest BCUT2D eigenvalue weighted by Crippen LogP contribution is -2.37. The highest BCUT2D eigenvalue weighted by Gasteiger charge is 2.32. The van der Waals surface area contributed by atoms with Gasteiger partial charge in [0.05, 0.1) is 5.69 Å². The fraction of sp³-hybridized carbons (Fsp3) is 0.350. The number of ether oxygens (including phenoxy) is 1. The Morgan fingerprint density at radius 1 is 1.00 bits per heavy atom. The number of hydrogen-bond acceptors (Lipinski definition) is 4. The molecule has 1 N–H and O–H groups in total. The zero-order valence-electron chi connectivity index (χ0n) is 14.9. The second-order valence-corrected chi connectivity index (χ2v) is 8.77. The van der Waals surface area contributed by atoms with E-state index in [-0.39, 0.29) is 10.8 Å². The molecule has 4 rings (SSSR count). The molecule has 2 heterocycles.